The highest BCUT2D eigenvalue weighted by molar-refractivity contribution is 7.14. The quantitative estimate of drug-likeness (QED) is 0.532. The highest BCUT2D eigenvalue weighted by Crippen LogP contribution is 2.32. The van der Waals surface area contributed by atoms with Crippen molar-refractivity contribution in [3.05, 3.63) is 69.0 Å². The van der Waals surface area contributed by atoms with Gasteiger partial charge < -0.3 is 5.32 Å². The van der Waals surface area contributed by atoms with Gasteiger partial charge in [0, 0.05) is 16.0 Å². The van der Waals surface area contributed by atoms with Crippen molar-refractivity contribution >= 4 is 45.6 Å². The summed E-state index contributed by atoms with van der Waals surface area (Å²) in [6, 6.07) is 13.4. The zero-order valence-electron chi connectivity index (χ0n) is 14.4. The van der Waals surface area contributed by atoms with E-state index in [2.05, 4.69) is 36.3 Å². The van der Waals surface area contributed by atoms with Gasteiger partial charge in [-0.15, -0.1) is 11.3 Å². The number of nitrogens with zero attached hydrogens (tertiary/aromatic N) is 1. The molecule has 1 aromatic heterocycles. The Labute approximate surface area is 167 Å². The van der Waals surface area contributed by atoms with Crippen LogP contribution in [0.15, 0.2) is 47.8 Å². The molecule has 0 fully saturated rings. The maximum absolute atomic E-state index is 12.3. The summed E-state index contributed by atoms with van der Waals surface area (Å²) in [5, 5.41) is 6.37. The summed E-state index contributed by atoms with van der Waals surface area (Å²) in [6.45, 7) is 4.30. The number of carbonyl (C=O) groups excluding carboxylic acids is 1. The predicted octanol–water partition coefficient (Wildman–Crippen LogP) is 6.42. The van der Waals surface area contributed by atoms with Crippen molar-refractivity contribution in [2.24, 2.45) is 0 Å². The molecule has 6 heteroatoms. The van der Waals surface area contributed by atoms with Crippen molar-refractivity contribution in [1.29, 1.82) is 0 Å². The largest absolute Gasteiger partial charge is 0.302 e. The zero-order valence-corrected chi connectivity index (χ0v) is 16.8. The Hall–Kier alpha value is -1.88. The third-order valence-electron chi connectivity index (χ3n) is 3.97. The molecule has 0 saturated heterocycles. The van der Waals surface area contributed by atoms with E-state index in [1.54, 1.807) is 12.1 Å². The van der Waals surface area contributed by atoms with Crippen LogP contribution in [0.25, 0.3) is 11.3 Å². The van der Waals surface area contributed by atoms with E-state index in [9.17, 15) is 4.79 Å². The van der Waals surface area contributed by atoms with Crippen LogP contribution in [0, 0.1) is 0 Å². The summed E-state index contributed by atoms with van der Waals surface area (Å²) in [5.74, 6) is 0.386. The molecule has 0 saturated carbocycles. The average molecular weight is 405 g/mol. The molecule has 1 amide bonds. The van der Waals surface area contributed by atoms with Crippen molar-refractivity contribution < 1.29 is 4.79 Å². The Morgan fingerprint density at radius 1 is 1.15 bits per heavy atom. The average Bonchev–Trinajstić information content (AvgIpc) is 3.03. The third-order valence-corrected chi connectivity index (χ3v) is 5.27. The second kappa shape index (κ2) is 8.21. The lowest BCUT2D eigenvalue weighted by molar-refractivity contribution is -0.115. The van der Waals surface area contributed by atoms with Gasteiger partial charge >= 0.3 is 0 Å². The molecule has 0 atom stereocenters. The van der Waals surface area contributed by atoms with E-state index in [0.29, 0.717) is 33.2 Å². The van der Waals surface area contributed by atoms with Crippen LogP contribution in [0.4, 0.5) is 5.13 Å². The molecule has 3 nitrogen and oxygen atoms in total. The standard InChI is InChI=1S/C20H18Cl2N2OS/c1-12(2)14-5-3-13(4-6-14)9-19(25)24-20-23-18(11-26-20)16-8-7-15(21)10-17(16)22/h3-8,10-12H,9H2,1-2H3,(H,23,24,25). The van der Waals surface area contributed by atoms with Crippen LogP contribution in [0.2, 0.25) is 10.0 Å². The number of thiazole rings is 1. The number of benzene rings is 2. The van der Waals surface area contributed by atoms with Gasteiger partial charge in [-0.1, -0.05) is 61.3 Å². The van der Waals surface area contributed by atoms with Crippen molar-refractivity contribution in [3.8, 4) is 11.3 Å². The smallest absolute Gasteiger partial charge is 0.230 e. The molecule has 26 heavy (non-hydrogen) atoms. The van der Waals surface area contributed by atoms with Gasteiger partial charge in [0.1, 0.15) is 0 Å². The zero-order chi connectivity index (χ0) is 18.7. The summed E-state index contributed by atoms with van der Waals surface area (Å²) >= 11 is 13.5. The van der Waals surface area contributed by atoms with Crippen LogP contribution in [0.1, 0.15) is 30.9 Å². The molecule has 1 heterocycles. The maximum atomic E-state index is 12.3. The number of amides is 1. The number of hydrogen-bond donors (Lipinski definition) is 1. The summed E-state index contributed by atoms with van der Waals surface area (Å²) in [4.78, 5) is 16.7. The number of carbonyl (C=O) groups is 1. The minimum absolute atomic E-state index is 0.0922. The third kappa shape index (κ3) is 4.64. The van der Waals surface area contributed by atoms with Gasteiger partial charge in [0.2, 0.25) is 5.91 Å². The van der Waals surface area contributed by atoms with Crippen LogP contribution in [-0.2, 0) is 11.2 Å². The highest BCUT2D eigenvalue weighted by Gasteiger charge is 2.11. The van der Waals surface area contributed by atoms with Gasteiger partial charge in [-0.05, 0) is 35.2 Å². The Kier molecular flexibility index (Phi) is 5.97. The molecule has 0 aliphatic rings. The molecule has 0 aliphatic heterocycles. The van der Waals surface area contributed by atoms with Crippen LogP contribution in [-0.4, -0.2) is 10.9 Å². The molecule has 0 unspecified atom stereocenters. The van der Waals surface area contributed by atoms with E-state index in [4.69, 9.17) is 23.2 Å². The van der Waals surface area contributed by atoms with Crippen molar-refractivity contribution in [1.82, 2.24) is 4.98 Å². The lowest BCUT2D eigenvalue weighted by Gasteiger charge is -2.07. The second-order valence-corrected chi connectivity index (χ2v) is 7.99. The second-order valence-electron chi connectivity index (χ2n) is 6.28. The SMILES string of the molecule is CC(C)c1ccc(CC(=O)Nc2nc(-c3ccc(Cl)cc3Cl)cs2)cc1. The number of anilines is 1. The first-order valence-electron chi connectivity index (χ1n) is 8.22. The Morgan fingerprint density at radius 3 is 2.54 bits per heavy atom. The molecular formula is C20H18Cl2N2OS. The Bertz CT molecular complexity index is 920. The van der Waals surface area contributed by atoms with Gasteiger partial charge in [0.05, 0.1) is 17.1 Å². The van der Waals surface area contributed by atoms with E-state index in [-0.39, 0.29) is 5.91 Å². The van der Waals surface area contributed by atoms with E-state index in [1.807, 2.05) is 23.6 Å². The molecule has 2 aromatic carbocycles. The Balaban J connectivity index is 1.66. The van der Waals surface area contributed by atoms with E-state index in [1.165, 1.54) is 16.9 Å². The van der Waals surface area contributed by atoms with E-state index < -0.39 is 0 Å². The lowest BCUT2D eigenvalue weighted by Crippen LogP contribution is -2.14. The highest BCUT2D eigenvalue weighted by atomic mass is 35.5. The summed E-state index contributed by atoms with van der Waals surface area (Å²) in [5.41, 5.74) is 3.74. The van der Waals surface area contributed by atoms with Gasteiger partial charge in [-0.25, -0.2) is 4.98 Å². The molecule has 0 spiro atoms. The normalized spacial score (nSPS) is 11.0. The number of rotatable bonds is 5. The Morgan fingerprint density at radius 2 is 1.88 bits per heavy atom. The van der Waals surface area contributed by atoms with Gasteiger partial charge in [-0.2, -0.15) is 0 Å². The molecule has 0 radical (unpaired) electrons. The first kappa shape index (κ1) is 18.9. The molecule has 3 aromatic rings. The van der Waals surface area contributed by atoms with Gasteiger partial charge in [0.25, 0.3) is 0 Å². The first-order chi connectivity index (χ1) is 12.4. The fourth-order valence-electron chi connectivity index (χ4n) is 2.52. The number of nitrogens with one attached hydrogen (secondary N) is 1. The van der Waals surface area contributed by atoms with Crippen LogP contribution in [0.3, 0.4) is 0 Å². The summed E-state index contributed by atoms with van der Waals surface area (Å²) < 4.78 is 0. The van der Waals surface area contributed by atoms with E-state index in [0.717, 1.165) is 11.1 Å². The molecule has 3 rings (SSSR count). The number of aromatic nitrogens is 1. The van der Waals surface area contributed by atoms with E-state index >= 15 is 0 Å². The maximum Gasteiger partial charge on any atom is 0.230 e. The number of hydrogen-bond acceptors (Lipinski definition) is 3. The van der Waals surface area contributed by atoms with Crippen LogP contribution >= 0.6 is 34.5 Å². The minimum Gasteiger partial charge on any atom is -0.302 e. The number of halogens is 2. The molecule has 134 valence electrons. The van der Waals surface area contributed by atoms with Gasteiger partial charge in [-0.3, -0.25) is 4.79 Å². The van der Waals surface area contributed by atoms with Crippen LogP contribution in [0.5, 0.6) is 0 Å². The molecule has 0 aliphatic carbocycles. The lowest BCUT2D eigenvalue weighted by atomic mass is 10.0. The van der Waals surface area contributed by atoms with Gasteiger partial charge in [0.15, 0.2) is 5.13 Å². The predicted molar refractivity (Wildman–Crippen MR) is 110 cm³/mol. The van der Waals surface area contributed by atoms with Crippen LogP contribution < -0.4 is 5.32 Å². The molecular weight excluding hydrogens is 387 g/mol. The summed E-state index contributed by atoms with van der Waals surface area (Å²) in [6.07, 6.45) is 0.314. The fraction of sp³-hybridized carbons (Fsp3) is 0.200. The topological polar surface area (TPSA) is 42.0 Å². The van der Waals surface area contributed by atoms with Crippen molar-refractivity contribution in [2.75, 3.05) is 5.32 Å². The minimum atomic E-state index is -0.0922. The molecule has 1 N–H and O–H groups in total. The summed E-state index contributed by atoms with van der Waals surface area (Å²) in [7, 11) is 0. The van der Waals surface area contributed by atoms with Crippen molar-refractivity contribution in [3.63, 3.8) is 0 Å². The van der Waals surface area contributed by atoms with Crippen molar-refractivity contribution in [2.45, 2.75) is 26.2 Å². The fourth-order valence-corrected chi connectivity index (χ4v) is 3.75. The monoisotopic (exact) mass is 404 g/mol. The molecule has 0 bridgehead atoms. The first-order valence-corrected chi connectivity index (χ1v) is 9.85.